The smallest absolute Gasteiger partial charge is 0.195 e. The molecule has 1 aromatic carbocycles. The largest absolute Gasteiger partial charge is 0.395 e. The summed E-state index contributed by atoms with van der Waals surface area (Å²) in [7, 11) is 1.82. The molecule has 0 radical (unpaired) electrons. The molecule has 0 fully saturated rings. The van der Waals surface area contributed by atoms with Crippen molar-refractivity contribution < 1.29 is 4.39 Å². The molecule has 6 heteroatoms. The van der Waals surface area contributed by atoms with Crippen LogP contribution < -0.4 is 5.73 Å². The van der Waals surface area contributed by atoms with Gasteiger partial charge in [0.2, 0.25) is 0 Å². The molecule has 2 rings (SSSR count). The minimum Gasteiger partial charge on any atom is -0.395 e. The van der Waals surface area contributed by atoms with Crippen molar-refractivity contribution in [2.45, 2.75) is 10.1 Å². The van der Waals surface area contributed by atoms with Crippen molar-refractivity contribution in [2.75, 3.05) is 5.73 Å². The summed E-state index contributed by atoms with van der Waals surface area (Å²) >= 11 is 1.29. The van der Waals surface area contributed by atoms with Gasteiger partial charge >= 0.3 is 0 Å². The zero-order valence-corrected chi connectivity index (χ0v) is 8.83. The number of benzene rings is 1. The molecule has 0 aliphatic carbocycles. The number of para-hydroxylation sites is 1. The number of aromatic nitrogens is 3. The number of hydrogen-bond acceptors (Lipinski definition) is 4. The van der Waals surface area contributed by atoms with E-state index in [0.29, 0.717) is 10.1 Å². The van der Waals surface area contributed by atoms with Crippen LogP contribution in [-0.2, 0) is 7.05 Å². The highest BCUT2D eigenvalue weighted by Crippen LogP contribution is 2.31. The van der Waals surface area contributed by atoms with Gasteiger partial charge in [0.1, 0.15) is 12.1 Å². The summed E-state index contributed by atoms with van der Waals surface area (Å²) in [5, 5.41) is 8.28. The average molecular weight is 224 g/mol. The molecule has 78 valence electrons. The van der Waals surface area contributed by atoms with Crippen LogP contribution in [0.1, 0.15) is 0 Å². The highest BCUT2D eigenvalue weighted by molar-refractivity contribution is 7.99. The lowest BCUT2D eigenvalue weighted by Crippen LogP contribution is -1.94. The first-order chi connectivity index (χ1) is 7.18. The third-order valence-electron chi connectivity index (χ3n) is 1.88. The maximum absolute atomic E-state index is 13.1. The summed E-state index contributed by atoms with van der Waals surface area (Å²) < 4.78 is 14.9. The number of nitrogen functional groups attached to an aromatic ring is 1. The van der Waals surface area contributed by atoms with Crippen LogP contribution in [0.4, 0.5) is 10.1 Å². The summed E-state index contributed by atoms with van der Waals surface area (Å²) in [6, 6.07) is 4.69. The number of hydrogen-bond donors (Lipinski definition) is 1. The molecule has 0 amide bonds. The highest BCUT2D eigenvalue weighted by atomic mass is 32.2. The molecule has 0 aliphatic heterocycles. The zero-order valence-electron chi connectivity index (χ0n) is 8.01. The first-order valence-corrected chi connectivity index (χ1v) is 5.06. The molecule has 0 aliphatic rings. The molecule has 0 bridgehead atoms. The predicted octanol–water partition coefficient (Wildman–Crippen LogP) is 1.69. The molecule has 0 saturated carbocycles. The van der Waals surface area contributed by atoms with Crippen LogP contribution >= 0.6 is 11.8 Å². The minimum absolute atomic E-state index is 0.144. The van der Waals surface area contributed by atoms with Crippen molar-refractivity contribution in [2.24, 2.45) is 7.05 Å². The van der Waals surface area contributed by atoms with Crippen LogP contribution in [0.3, 0.4) is 0 Å². The molecule has 1 aromatic heterocycles. The fraction of sp³-hybridized carbons (Fsp3) is 0.111. The van der Waals surface area contributed by atoms with Crippen molar-refractivity contribution in [3.8, 4) is 0 Å². The van der Waals surface area contributed by atoms with Crippen LogP contribution in [0.5, 0.6) is 0 Å². The maximum atomic E-state index is 13.1. The standard InChI is InChI=1S/C9H9FN4S/c1-14-5-12-13-9(14)15-7-4-2-3-6(10)8(7)11/h2-5H,11H2,1H3. The Kier molecular flexibility index (Phi) is 2.59. The van der Waals surface area contributed by atoms with Gasteiger partial charge in [0.25, 0.3) is 0 Å². The molecule has 0 spiro atoms. The van der Waals surface area contributed by atoms with Gasteiger partial charge in [-0.25, -0.2) is 4.39 Å². The molecule has 0 atom stereocenters. The van der Waals surface area contributed by atoms with Crippen LogP contribution in [-0.4, -0.2) is 14.8 Å². The first kappa shape index (κ1) is 9.97. The van der Waals surface area contributed by atoms with Crippen LogP contribution in [0, 0.1) is 5.82 Å². The molecule has 0 saturated heterocycles. The Labute approximate surface area is 90.3 Å². The molecule has 15 heavy (non-hydrogen) atoms. The van der Waals surface area contributed by atoms with E-state index in [1.165, 1.54) is 17.8 Å². The summed E-state index contributed by atoms with van der Waals surface area (Å²) in [5.74, 6) is -0.415. The van der Waals surface area contributed by atoms with E-state index < -0.39 is 5.82 Å². The van der Waals surface area contributed by atoms with Gasteiger partial charge in [0.15, 0.2) is 5.16 Å². The number of anilines is 1. The van der Waals surface area contributed by atoms with Gasteiger partial charge in [-0.2, -0.15) is 0 Å². The number of rotatable bonds is 2. The highest BCUT2D eigenvalue weighted by Gasteiger charge is 2.09. The fourth-order valence-electron chi connectivity index (χ4n) is 1.07. The lowest BCUT2D eigenvalue weighted by Gasteiger charge is -2.04. The van der Waals surface area contributed by atoms with Gasteiger partial charge in [-0.1, -0.05) is 6.07 Å². The number of nitrogens with two attached hydrogens (primary N) is 1. The van der Waals surface area contributed by atoms with Gasteiger partial charge in [-0.3, -0.25) is 0 Å². The van der Waals surface area contributed by atoms with Crippen molar-refractivity contribution in [1.29, 1.82) is 0 Å². The monoisotopic (exact) mass is 224 g/mol. The molecule has 0 unspecified atom stereocenters. The number of nitrogens with zero attached hydrogens (tertiary/aromatic N) is 3. The van der Waals surface area contributed by atoms with E-state index in [-0.39, 0.29) is 5.69 Å². The van der Waals surface area contributed by atoms with E-state index in [1.54, 1.807) is 23.0 Å². The quantitative estimate of drug-likeness (QED) is 0.789. The third kappa shape index (κ3) is 1.94. The minimum atomic E-state index is -0.415. The first-order valence-electron chi connectivity index (χ1n) is 4.24. The van der Waals surface area contributed by atoms with Crippen LogP contribution in [0.2, 0.25) is 0 Å². The van der Waals surface area contributed by atoms with E-state index >= 15 is 0 Å². The maximum Gasteiger partial charge on any atom is 0.195 e. The SMILES string of the molecule is Cn1cnnc1Sc1cccc(F)c1N. The second-order valence-corrected chi connectivity index (χ2v) is 3.99. The fourth-order valence-corrected chi connectivity index (χ4v) is 1.90. The average Bonchev–Trinajstić information content (AvgIpc) is 2.60. The number of halogens is 1. The van der Waals surface area contributed by atoms with Gasteiger partial charge in [-0.05, 0) is 23.9 Å². The van der Waals surface area contributed by atoms with Gasteiger partial charge < -0.3 is 10.3 Å². The number of aryl methyl sites for hydroxylation is 1. The third-order valence-corrected chi connectivity index (χ3v) is 3.01. The van der Waals surface area contributed by atoms with Gasteiger partial charge in [0.05, 0.1) is 5.69 Å². The van der Waals surface area contributed by atoms with E-state index in [1.807, 2.05) is 7.05 Å². The van der Waals surface area contributed by atoms with Crippen LogP contribution in [0.25, 0.3) is 0 Å². The Morgan fingerprint density at radius 2 is 2.27 bits per heavy atom. The summed E-state index contributed by atoms with van der Waals surface area (Å²) in [6.45, 7) is 0. The molecule has 1 heterocycles. The van der Waals surface area contributed by atoms with E-state index in [2.05, 4.69) is 10.2 Å². The second-order valence-electron chi connectivity index (χ2n) is 2.98. The molecular weight excluding hydrogens is 215 g/mol. The van der Waals surface area contributed by atoms with Crippen LogP contribution in [0.15, 0.2) is 34.6 Å². The summed E-state index contributed by atoms with van der Waals surface area (Å²) in [6.07, 6.45) is 1.58. The Bertz CT molecular complexity index is 483. The topological polar surface area (TPSA) is 56.7 Å². The van der Waals surface area contributed by atoms with Crippen molar-refractivity contribution >= 4 is 17.4 Å². The Hall–Kier alpha value is -1.56. The lowest BCUT2D eigenvalue weighted by molar-refractivity contribution is 0.629. The van der Waals surface area contributed by atoms with Gasteiger partial charge in [0, 0.05) is 11.9 Å². The second kappa shape index (κ2) is 3.90. The molecular formula is C9H9FN4S. The zero-order chi connectivity index (χ0) is 10.8. The molecule has 2 N–H and O–H groups in total. The Morgan fingerprint density at radius 3 is 2.93 bits per heavy atom. The van der Waals surface area contributed by atoms with Crippen molar-refractivity contribution in [3.63, 3.8) is 0 Å². The Balaban J connectivity index is 2.33. The predicted molar refractivity (Wildman–Crippen MR) is 55.9 cm³/mol. The lowest BCUT2D eigenvalue weighted by atomic mass is 10.3. The van der Waals surface area contributed by atoms with E-state index in [0.717, 1.165) is 0 Å². The van der Waals surface area contributed by atoms with E-state index in [9.17, 15) is 4.39 Å². The Morgan fingerprint density at radius 1 is 1.47 bits per heavy atom. The summed E-state index contributed by atoms with van der Waals surface area (Å²) in [5.41, 5.74) is 5.74. The molecule has 2 aromatic rings. The van der Waals surface area contributed by atoms with Crippen molar-refractivity contribution in [1.82, 2.24) is 14.8 Å². The van der Waals surface area contributed by atoms with Gasteiger partial charge in [-0.15, -0.1) is 10.2 Å². The summed E-state index contributed by atoms with van der Waals surface area (Å²) in [4.78, 5) is 0.645. The van der Waals surface area contributed by atoms with E-state index in [4.69, 9.17) is 5.73 Å². The van der Waals surface area contributed by atoms with Crippen molar-refractivity contribution in [3.05, 3.63) is 30.3 Å². The molecule has 4 nitrogen and oxygen atoms in total. The normalized spacial score (nSPS) is 10.5.